The monoisotopic (exact) mass is 274 g/mol. The molecule has 0 saturated carbocycles. The zero-order valence-corrected chi connectivity index (χ0v) is 12.2. The second-order valence-electron chi connectivity index (χ2n) is 4.86. The minimum atomic E-state index is 0.0283. The van der Waals surface area contributed by atoms with Crippen molar-refractivity contribution in [3.8, 4) is 0 Å². The number of hydrogen-bond acceptors (Lipinski definition) is 3. The molecule has 5 nitrogen and oxygen atoms in total. The fraction of sp³-hybridized carbons (Fsp3) is 0.467. The molecule has 2 rings (SSSR count). The van der Waals surface area contributed by atoms with Crippen LogP contribution in [-0.2, 0) is 13.1 Å². The van der Waals surface area contributed by atoms with Crippen LogP contribution in [0.2, 0.25) is 0 Å². The molecule has 0 aliphatic rings. The van der Waals surface area contributed by atoms with Crippen molar-refractivity contribution < 1.29 is 0 Å². The van der Waals surface area contributed by atoms with Crippen molar-refractivity contribution in [1.82, 2.24) is 14.1 Å². The molecule has 5 heteroatoms. The van der Waals surface area contributed by atoms with Crippen molar-refractivity contribution in [2.75, 3.05) is 11.9 Å². The molecule has 0 aliphatic carbocycles. The zero-order valence-electron chi connectivity index (χ0n) is 12.2. The maximum atomic E-state index is 12.1. The molecule has 0 amide bonds. The van der Waals surface area contributed by atoms with Gasteiger partial charge in [-0.3, -0.25) is 14.1 Å². The van der Waals surface area contributed by atoms with E-state index >= 15 is 0 Å². The second kappa shape index (κ2) is 6.93. The van der Waals surface area contributed by atoms with Crippen LogP contribution in [0.1, 0.15) is 32.4 Å². The van der Waals surface area contributed by atoms with E-state index in [9.17, 15) is 4.79 Å². The standard InChI is InChI=1S/C15H22N4O/c1-3-6-16-13-5-7-17-14(11-13)12-19-10-9-18(8-4-2)15(19)20/h5,7,9-11H,3-4,6,8,12H2,1-2H3,(H,16,17). The first-order chi connectivity index (χ1) is 9.74. The first kappa shape index (κ1) is 14.4. The molecular weight excluding hydrogens is 252 g/mol. The van der Waals surface area contributed by atoms with Crippen molar-refractivity contribution >= 4 is 5.69 Å². The van der Waals surface area contributed by atoms with Crippen LogP contribution in [0.5, 0.6) is 0 Å². The summed E-state index contributed by atoms with van der Waals surface area (Å²) in [4.78, 5) is 16.4. The zero-order chi connectivity index (χ0) is 14.4. The molecule has 0 bridgehead atoms. The summed E-state index contributed by atoms with van der Waals surface area (Å²) in [7, 11) is 0. The number of anilines is 1. The first-order valence-corrected chi connectivity index (χ1v) is 7.19. The molecule has 2 aromatic heterocycles. The van der Waals surface area contributed by atoms with Crippen LogP contribution in [-0.4, -0.2) is 20.7 Å². The van der Waals surface area contributed by atoms with Crippen LogP contribution >= 0.6 is 0 Å². The van der Waals surface area contributed by atoms with Gasteiger partial charge < -0.3 is 5.32 Å². The van der Waals surface area contributed by atoms with E-state index in [0.717, 1.165) is 37.3 Å². The third kappa shape index (κ3) is 3.50. The van der Waals surface area contributed by atoms with Crippen molar-refractivity contribution in [1.29, 1.82) is 0 Å². The number of pyridine rings is 1. The van der Waals surface area contributed by atoms with E-state index in [-0.39, 0.29) is 5.69 Å². The van der Waals surface area contributed by atoms with Crippen molar-refractivity contribution in [2.45, 2.75) is 39.8 Å². The maximum Gasteiger partial charge on any atom is 0.328 e. The Balaban J connectivity index is 2.11. The number of aryl methyl sites for hydroxylation is 1. The molecule has 0 radical (unpaired) electrons. The molecule has 108 valence electrons. The summed E-state index contributed by atoms with van der Waals surface area (Å²) >= 11 is 0. The van der Waals surface area contributed by atoms with E-state index in [1.807, 2.05) is 24.5 Å². The minimum Gasteiger partial charge on any atom is -0.385 e. The molecule has 0 fully saturated rings. The molecule has 0 spiro atoms. The molecule has 2 heterocycles. The Labute approximate surface area is 119 Å². The lowest BCUT2D eigenvalue weighted by Gasteiger charge is -2.07. The molecule has 20 heavy (non-hydrogen) atoms. The van der Waals surface area contributed by atoms with E-state index in [1.54, 1.807) is 15.3 Å². The van der Waals surface area contributed by atoms with Gasteiger partial charge in [-0.2, -0.15) is 0 Å². The predicted octanol–water partition coefficient (Wildman–Crippen LogP) is 2.33. The summed E-state index contributed by atoms with van der Waals surface area (Å²) < 4.78 is 3.43. The van der Waals surface area contributed by atoms with Crippen molar-refractivity contribution in [2.24, 2.45) is 0 Å². The van der Waals surface area contributed by atoms with E-state index in [2.05, 4.69) is 24.1 Å². The fourth-order valence-corrected chi connectivity index (χ4v) is 2.10. The van der Waals surface area contributed by atoms with Gasteiger partial charge in [-0.1, -0.05) is 13.8 Å². The van der Waals surface area contributed by atoms with Gasteiger partial charge in [-0.25, -0.2) is 4.79 Å². The van der Waals surface area contributed by atoms with Crippen LogP contribution in [0, 0.1) is 0 Å². The minimum absolute atomic E-state index is 0.0283. The topological polar surface area (TPSA) is 51.9 Å². The largest absolute Gasteiger partial charge is 0.385 e. The lowest BCUT2D eigenvalue weighted by molar-refractivity contribution is 0.621. The number of nitrogens with zero attached hydrogens (tertiary/aromatic N) is 3. The van der Waals surface area contributed by atoms with Gasteiger partial charge in [0.15, 0.2) is 0 Å². The van der Waals surface area contributed by atoms with Crippen LogP contribution in [0.15, 0.2) is 35.5 Å². The maximum absolute atomic E-state index is 12.1. The van der Waals surface area contributed by atoms with E-state index < -0.39 is 0 Å². The Kier molecular flexibility index (Phi) is 4.98. The molecule has 0 atom stereocenters. The van der Waals surface area contributed by atoms with Crippen molar-refractivity contribution in [3.05, 3.63) is 46.9 Å². The van der Waals surface area contributed by atoms with E-state index in [1.165, 1.54) is 0 Å². The smallest absolute Gasteiger partial charge is 0.328 e. The van der Waals surface area contributed by atoms with Crippen molar-refractivity contribution in [3.63, 3.8) is 0 Å². The van der Waals surface area contributed by atoms with Gasteiger partial charge in [0.1, 0.15) is 0 Å². The summed E-state index contributed by atoms with van der Waals surface area (Å²) in [5.74, 6) is 0. The van der Waals surface area contributed by atoms with E-state index in [0.29, 0.717) is 6.54 Å². The Morgan fingerprint density at radius 1 is 1.20 bits per heavy atom. The quantitative estimate of drug-likeness (QED) is 0.843. The van der Waals surface area contributed by atoms with Gasteiger partial charge in [0.25, 0.3) is 0 Å². The summed E-state index contributed by atoms with van der Waals surface area (Å²) in [6.07, 6.45) is 7.48. The molecule has 2 aromatic rings. The summed E-state index contributed by atoms with van der Waals surface area (Å²) in [5.41, 5.74) is 1.97. The Bertz CT molecular complexity index is 600. The highest BCUT2D eigenvalue weighted by Gasteiger charge is 2.04. The number of rotatable bonds is 7. The summed E-state index contributed by atoms with van der Waals surface area (Å²) in [6.45, 7) is 6.41. The van der Waals surface area contributed by atoms with Gasteiger partial charge in [0.05, 0.1) is 12.2 Å². The average molecular weight is 274 g/mol. The molecule has 0 aromatic carbocycles. The highest BCUT2D eigenvalue weighted by molar-refractivity contribution is 5.43. The van der Waals surface area contributed by atoms with Crippen LogP contribution < -0.4 is 11.0 Å². The molecule has 0 unspecified atom stereocenters. The van der Waals surface area contributed by atoms with Gasteiger partial charge >= 0.3 is 5.69 Å². The van der Waals surface area contributed by atoms with Gasteiger partial charge in [0.2, 0.25) is 0 Å². The van der Waals surface area contributed by atoms with Gasteiger partial charge in [-0.05, 0) is 25.0 Å². The molecular formula is C15H22N4O. The van der Waals surface area contributed by atoms with Gasteiger partial charge in [-0.15, -0.1) is 0 Å². The summed E-state index contributed by atoms with van der Waals surface area (Å²) in [6, 6.07) is 3.95. The normalized spacial score (nSPS) is 10.7. The van der Waals surface area contributed by atoms with E-state index in [4.69, 9.17) is 0 Å². The molecule has 1 N–H and O–H groups in total. The first-order valence-electron chi connectivity index (χ1n) is 7.19. The number of nitrogens with one attached hydrogen (secondary N) is 1. The number of aromatic nitrogens is 3. The number of hydrogen-bond donors (Lipinski definition) is 1. The second-order valence-corrected chi connectivity index (χ2v) is 4.86. The summed E-state index contributed by atoms with van der Waals surface area (Å²) in [5, 5.41) is 3.33. The van der Waals surface area contributed by atoms with Crippen LogP contribution in [0.25, 0.3) is 0 Å². The average Bonchev–Trinajstić information content (AvgIpc) is 2.79. The van der Waals surface area contributed by atoms with Crippen LogP contribution in [0.4, 0.5) is 5.69 Å². The third-order valence-electron chi connectivity index (χ3n) is 3.11. The number of imidazole rings is 1. The van der Waals surface area contributed by atoms with Crippen LogP contribution in [0.3, 0.4) is 0 Å². The Morgan fingerprint density at radius 3 is 2.75 bits per heavy atom. The molecule has 0 aliphatic heterocycles. The molecule has 0 saturated heterocycles. The third-order valence-corrected chi connectivity index (χ3v) is 3.11. The Hall–Kier alpha value is -2.04. The lowest BCUT2D eigenvalue weighted by Crippen LogP contribution is -2.24. The predicted molar refractivity (Wildman–Crippen MR) is 81.1 cm³/mol. The Morgan fingerprint density at radius 2 is 2.00 bits per heavy atom. The highest BCUT2D eigenvalue weighted by atomic mass is 16.1. The SMILES string of the molecule is CCCNc1ccnc(Cn2ccn(CCC)c2=O)c1. The highest BCUT2D eigenvalue weighted by Crippen LogP contribution is 2.08. The lowest BCUT2D eigenvalue weighted by atomic mass is 10.3. The fourth-order valence-electron chi connectivity index (χ4n) is 2.10. The van der Waals surface area contributed by atoms with Gasteiger partial charge in [0, 0.05) is 37.4 Å².